The molecule has 4 aromatic carbocycles. The zero-order chi connectivity index (χ0) is 36.8. The monoisotopic (exact) mass is 768 g/mol. The Labute approximate surface area is 318 Å². The lowest BCUT2D eigenvalue weighted by Gasteiger charge is -2.30. The van der Waals surface area contributed by atoms with E-state index in [0.717, 1.165) is 29.4 Å². The number of halogens is 1. The molecular formula is C44H53BrN2O5. The molecule has 0 unspecified atom stereocenters. The molecule has 2 fully saturated rings. The summed E-state index contributed by atoms with van der Waals surface area (Å²) in [6.45, 7) is 7.82. The lowest BCUT2D eigenvalue weighted by molar-refractivity contribution is -0.130. The lowest BCUT2D eigenvalue weighted by atomic mass is 9.84. The van der Waals surface area contributed by atoms with E-state index < -0.39 is 0 Å². The third-order valence-electron chi connectivity index (χ3n) is 10.5. The molecule has 0 bridgehead atoms. The van der Waals surface area contributed by atoms with Crippen molar-refractivity contribution in [3.8, 4) is 0 Å². The number of amides is 2. The average Bonchev–Trinajstić information content (AvgIpc) is 3.68. The minimum absolute atomic E-state index is 0.0263. The van der Waals surface area contributed by atoms with Crippen molar-refractivity contribution in [3.63, 3.8) is 0 Å². The van der Waals surface area contributed by atoms with Gasteiger partial charge in [0.2, 0.25) is 11.8 Å². The van der Waals surface area contributed by atoms with Crippen LogP contribution < -0.4 is 0 Å². The molecule has 0 spiro atoms. The number of rotatable bonds is 16. The molecule has 276 valence electrons. The minimum Gasteiger partial charge on any atom is -0.396 e. The Morgan fingerprint density at radius 1 is 0.615 bits per heavy atom. The van der Waals surface area contributed by atoms with Crippen molar-refractivity contribution in [2.75, 3.05) is 38.2 Å². The van der Waals surface area contributed by atoms with Crippen molar-refractivity contribution in [2.24, 2.45) is 10.8 Å². The molecule has 4 atom stereocenters. The summed E-state index contributed by atoms with van der Waals surface area (Å²) in [7, 11) is 0. The first-order valence-electron chi connectivity index (χ1n) is 18.4. The number of carbonyl (C=O) groups is 2. The van der Waals surface area contributed by atoms with Crippen LogP contribution in [0.5, 0.6) is 0 Å². The van der Waals surface area contributed by atoms with Crippen LogP contribution in [-0.4, -0.2) is 65.0 Å². The summed E-state index contributed by atoms with van der Waals surface area (Å²) in [6, 6.07) is 40.7. The molecular weight excluding hydrogens is 716 g/mol. The Morgan fingerprint density at radius 2 is 0.981 bits per heavy atom. The highest BCUT2D eigenvalue weighted by molar-refractivity contribution is 9.09. The molecule has 0 aromatic heterocycles. The largest absolute Gasteiger partial charge is 0.396 e. The van der Waals surface area contributed by atoms with Crippen LogP contribution >= 0.6 is 15.9 Å². The van der Waals surface area contributed by atoms with Crippen LogP contribution in [0.1, 0.15) is 73.9 Å². The highest BCUT2D eigenvalue weighted by atomic mass is 79.9. The molecule has 2 saturated heterocycles. The first-order valence-corrected chi connectivity index (χ1v) is 19.5. The highest BCUT2D eigenvalue weighted by Gasteiger charge is 2.45. The van der Waals surface area contributed by atoms with Crippen molar-refractivity contribution in [1.29, 1.82) is 0 Å². The van der Waals surface area contributed by atoms with E-state index in [1.807, 2.05) is 94.7 Å². The molecule has 2 heterocycles. The van der Waals surface area contributed by atoms with Crippen molar-refractivity contribution in [1.82, 2.24) is 9.80 Å². The molecule has 2 aliphatic rings. The van der Waals surface area contributed by atoms with E-state index in [2.05, 4.69) is 66.2 Å². The predicted octanol–water partition coefficient (Wildman–Crippen LogP) is 8.53. The molecule has 0 aliphatic carbocycles. The third kappa shape index (κ3) is 10.6. The van der Waals surface area contributed by atoms with Gasteiger partial charge in [-0.2, -0.15) is 0 Å². The summed E-state index contributed by atoms with van der Waals surface area (Å²) in [5.74, 6) is 0.365. The number of likely N-dealkylation sites (tertiary alicyclic amines) is 2. The quantitative estimate of drug-likeness (QED) is 0.116. The summed E-state index contributed by atoms with van der Waals surface area (Å²) in [4.78, 5) is 29.4. The number of benzene rings is 4. The van der Waals surface area contributed by atoms with E-state index in [1.54, 1.807) is 0 Å². The average molecular weight is 770 g/mol. The van der Waals surface area contributed by atoms with Gasteiger partial charge in [-0.3, -0.25) is 9.59 Å². The smallest absolute Gasteiger partial charge is 0.223 e. The third-order valence-corrected chi connectivity index (χ3v) is 10.9. The fourth-order valence-electron chi connectivity index (χ4n) is 7.41. The van der Waals surface area contributed by atoms with E-state index in [9.17, 15) is 14.7 Å². The molecule has 4 aromatic rings. The second-order valence-corrected chi connectivity index (χ2v) is 15.2. The SMILES string of the molecule is C[C@H](c1ccccc1)N1C[C@](CCBr)(COCc2ccccc2)CC1=O.C[C@H](c1ccccc1)N1C[C@](CCO)(COCc2ccccc2)CC1=O. The van der Waals surface area contributed by atoms with Crippen LogP contribution in [0.25, 0.3) is 0 Å². The number of carbonyl (C=O) groups excluding carboxylic acids is 2. The molecule has 0 saturated carbocycles. The standard InChI is InChI=1S/C22H26BrNO2.C22H27NO3/c1-18(20-10-6-3-7-11-20)24-16-22(12-13-23,14-21(24)25)17-26-15-19-8-4-2-5-9-19;1-18(20-10-6-3-7-11-20)23-16-22(12-13-24,14-21(23)25)17-26-15-19-8-4-2-5-9-19/h2-11,18H,12-17H2,1H3;2-11,18,24H,12-17H2,1H3/t2*18-,22-/m11/s1. The van der Waals surface area contributed by atoms with Gasteiger partial charge in [-0.25, -0.2) is 0 Å². The second-order valence-electron chi connectivity index (χ2n) is 14.4. The Bertz CT molecular complexity index is 1540. The van der Waals surface area contributed by atoms with Gasteiger partial charge in [0.15, 0.2) is 0 Å². The Hall–Kier alpha value is -3.82. The highest BCUT2D eigenvalue weighted by Crippen LogP contribution is 2.41. The molecule has 2 aliphatic heterocycles. The molecule has 1 N–H and O–H groups in total. The maximum atomic E-state index is 12.8. The first-order chi connectivity index (χ1) is 25.3. The number of aliphatic hydroxyl groups excluding tert-OH is 1. The number of aliphatic hydroxyl groups is 1. The minimum atomic E-state index is -0.316. The van der Waals surface area contributed by atoms with Gasteiger partial charge in [0.1, 0.15) is 0 Å². The van der Waals surface area contributed by atoms with Crippen LogP contribution in [0.3, 0.4) is 0 Å². The van der Waals surface area contributed by atoms with Crippen molar-refractivity contribution < 1.29 is 24.2 Å². The fraction of sp³-hybridized carbons (Fsp3) is 0.409. The molecule has 52 heavy (non-hydrogen) atoms. The van der Waals surface area contributed by atoms with Gasteiger partial charge in [0, 0.05) is 48.7 Å². The molecule has 8 heteroatoms. The van der Waals surface area contributed by atoms with E-state index in [-0.39, 0.29) is 41.3 Å². The maximum absolute atomic E-state index is 12.8. The molecule has 6 rings (SSSR count). The number of alkyl halides is 1. The Balaban J connectivity index is 0.000000201. The van der Waals surface area contributed by atoms with Crippen LogP contribution in [0.2, 0.25) is 0 Å². The van der Waals surface area contributed by atoms with Gasteiger partial charge in [-0.1, -0.05) is 137 Å². The van der Waals surface area contributed by atoms with Crippen LogP contribution in [-0.2, 0) is 32.3 Å². The van der Waals surface area contributed by atoms with Crippen LogP contribution in [0, 0.1) is 10.8 Å². The number of ether oxygens (including phenoxy) is 2. The number of nitrogens with zero attached hydrogens (tertiary/aromatic N) is 2. The maximum Gasteiger partial charge on any atom is 0.223 e. The molecule has 2 amide bonds. The zero-order valence-corrected chi connectivity index (χ0v) is 32.1. The fourth-order valence-corrected chi connectivity index (χ4v) is 8.25. The second kappa shape index (κ2) is 19.3. The van der Waals surface area contributed by atoms with Crippen LogP contribution in [0.15, 0.2) is 121 Å². The Kier molecular flexibility index (Phi) is 14.6. The summed E-state index contributed by atoms with van der Waals surface area (Å²) in [5.41, 5.74) is 4.17. The summed E-state index contributed by atoms with van der Waals surface area (Å²) >= 11 is 3.57. The molecule has 7 nitrogen and oxygen atoms in total. The van der Waals surface area contributed by atoms with Crippen LogP contribution in [0.4, 0.5) is 0 Å². The van der Waals surface area contributed by atoms with Gasteiger partial charge in [-0.15, -0.1) is 0 Å². The van der Waals surface area contributed by atoms with Crippen molar-refractivity contribution in [2.45, 2.75) is 64.8 Å². The summed E-state index contributed by atoms with van der Waals surface area (Å²) in [6.07, 6.45) is 2.50. The van der Waals surface area contributed by atoms with E-state index in [1.165, 1.54) is 11.1 Å². The van der Waals surface area contributed by atoms with Gasteiger partial charge in [0.25, 0.3) is 0 Å². The molecule has 0 radical (unpaired) electrons. The lowest BCUT2D eigenvalue weighted by Crippen LogP contribution is -2.34. The van der Waals surface area contributed by atoms with E-state index in [4.69, 9.17) is 9.47 Å². The topological polar surface area (TPSA) is 79.3 Å². The van der Waals surface area contributed by atoms with E-state index in [0.29, 0.717) is 52.2 Å². The first kappa shape index (κ1) is 39.4. The summed E-state index contributed by atoms with van der Waals surface area (Å²) in [5, 5.41) is 10.4. The zero-order valence-electron chi connectivity index (χ0n) is 30.5. The van der Waals surface area contributed by atoms with Crippen molar-refractivity contribution >= 4 is 27.7 Å². The van der Waals surface area contributed by atoms with Gasteiger partial charge in [-0.05, 0) is 48.9 Å². The number of hydrogen-bond donors (Lipinski definition) is 1. The van der Waals surface area contributed by atoms with Gasteiger partial charge < -0.3 is 24.4 Å². The predicted molar refractivity (Wildman–Crippen MR) is 210 cm³/mol. The summed E-state index contributed by atoms with van der Waals surface area (Å²) < 4.78 is 12.0. The normalized spacial score (nSPS) is 21.2. The number of hydrogen-bond acceptors (Lipinski definition) is 5. The van der Waals surface area contributed by atoms with E-state index >= 15 is 0 Å². The van der Waals surface area contributed by atoms with Gasteiger partial charge >= 0.3 is 0 Å². The van der Waals surface area contributed by atoms with Gasteiger partial charge in [0.05, 0.1) is 38.5 Å². The Morgan fingerprint density at radius 3 is 1.35 bits per heavy atom. The van der Waals surface area contributed by atoms with Crippen molar-refractivity contribution in [3.05, 3.63) is 144 Å².